The quantitative estimate of drug-likeness (QED) is 0.388. The Morgan fingerprint density at radius 3 is 2.27 bits per heavy atom. The van der Waals surface area contributed by atoms with Gasteiger partial charge in [0, 0.05) is 23.3 Å². The van der Waals surface area contributed by atoms with Gasteiger partial charge in [-0.25, -0.2) is 0 Å². The first-order valence-corrected chi connectivity index (χ1v) is 9.90. The van der Waals surface area contributed by atoms with Gasteiger partial charge in [0.25, 0.3) is 0 Å². The van der Waals surface area contributed by atoms with Crippen LogP contribution in [0.15, 0.2) is 79.0 Å². The third kappa shape index (κ3) is 5.00. The minimum atomic E-state index is 0.442. The van der Waals surface area contributed by atoms with Crippen molar-refractivity contribution >= 4 is 16.6 Å². The molecule has 0 unspecified atom stereocenters. The Bertz CT molecular complexity index is 1080. The monoisotopic (exact) mass is 402 g/mol. The van der Waals surface area contributed by atoms with Crippen molar-refractivity contribution in [1.29, 1.82) is 0 Å². The van der Waals surface area contributed by atoms with Crippen molar-refractivity contribution in [3.05, 3.63) is 84.6 Å². The molecule has 0 radical (unpaired) electrons. The van der Waals surface area contributed by atoms with Crippen molar-refractivity contribution in [2.24, 2.45) is 0 Å². The number of nitrogen functional groups attached to an aromatic ring is 1. The molecule has 154 valence electrons. The van der Waals surface area contributed by atoms with E-state index >= 15 is 0 Å². The van der Waals surface area contributed by atoms with Gasteiger partial charge < -0.3 is 19.9 Å². The number of hydrogen-bond acceptors (Lipinski definition) is 5. The second kappa shape index (κ2) is 10.2. The van der Waals surface area contributed by atoms with Crippen molar-refractivity contribution < 1.29 is 14.2 Å². The highest BCUT2D eigenvalue weighted by Gasteiger charge is 2.12. The van der Waals surface area contributed by atoms with Crippen LogP contribution >= 0.6 is 0 Å². The lowest BCUT2D eigenvalue weighted by Crippen LogP contribution is -1.98. The number of rotatable bonds is 6. The van der Waals surface area contributed by atoms with Gasteiger partial charge in [-0.15, -0.1) is 0 Å². The predicted molar refractivity (Wildman–Crippen MR) is 121 cm³/mol. The third-order valence-electron chi connectivity index (χ3n) is 4.33. The summed E-state index contributed by atoms with van der Waals surface area (Å²) in [6.07, 6.45) is 1.71. The molecule has 4 rings (SSSR count). The highest BCUT2D eigenvalue weighted by molar-refractivity contribution is 5.88. The lowest BCUT2D eigenvalue weighted by Gasteiger charge is -2.14. The number of fused-ring (bicyclic) bond motifs is 1. The summed E-state index contributed by atoms with van der Waals surface area (Å²) in [5.74, 6) is 2.64. The number of nitrogens with two attached hydrogens (primary N) is 1. The Morgan fingerprint density at radius 1 is 0.833 bits per heavy atom. The van der Waals surface area contributed by atoms with Crippen LogP contribution in [0.2, 0.25) is 0 Å². The minimum Gasteiger partial charge on any atom is -0.493 e. The van der Waals surface area contributed by atoms with Gasteiger partial charge in [-0.1, -0.05) is 44.2 Å². The number of nitrogens with zero attached hydrogens (tertiary/aromatic N) is 1. The van der Waals surface area contributed by atoms with Crippen molar-refractivity contribution in [2.45, 2.75) is 20.5 Å². The molecular formula is C25H26N2O3. The van der Waals surface area contributed by atoms with Gasteiger partial charge in [0.05, 0.1) is 12.6 Å². The molecule has 3 aromatic carbocycles. The zero-order valence-electron chi connectivity index (χ0n) is 17.5. The van der Waals surface area contributed by atoms with Crippen LogP contribution in [0.4, 0.5) is 5.69 Å². The molecule has 0 aliphatic rings. The molecule has 0 saturated carbocycles. The van der Waals surface area contributed by atoms with Gasteiger partial charge in [0.2, 0.25) is 0 Å². The summed E-state index contributed by atoms with van der Waals surface area (Å²) >= 11 is 0. The summed E-state index contributed by atoms with van der Waals surface area (Å²) in [6.45, 7) is 4.44. The topological polar surface area (TPSA) is 66.6 Å². The largest absolute Gasteiger partial charge is 0.493 e. The third-order valence-corrected chi connectivity index (χ3v) is 4.33. The summed E-state index contributed by atoms with van der Waals surface area (Å²) in [5, 5.41) is 0.836. The second-order valence-electron chi connectivity index (χ2n) is 6.27. The van der Waals surface area contributed by atoms with Crippen molar-refractivity contribution in [3.63, 3.8) is 0 Å². The summed E-state index contributed by atoms with van der Waals surface area (Å²) in [4.78, 5) is 4.43. The molecular weight excluding hydrogens is 376 g/mol. The van der Waals surface area contributed by atoms with E-state index < -0.39 is 0 Å². The van der Waals surface area contributed by atoms with Crippen LogP contribution in [0.3, 0.4) is 0 Å². The molecule has 0 amide bonds. The zero-order valence-corrected chi connectivity index (χ0v) is 17.5. The van der Waals surface area contributed by atoms with Gasteiger partial charge in [0.15, 0.2) is 11.5 Å². The molecule has 0 aliphatic carbocycles. The van der Waals surface area contributed by atoms with E-state index in [9.17, 15) is 0 Å². The minimum absolute atomic E-state index is 0.442. The molecule has 5 nitrogen and oxygen atoms in total. The van der Waals surface area contributed by atoms with Crippen molar-refractivity contribution in [1.82, 2.24) is 4.98 Å². The van der Waals surface area contributed by atoms with Crippen LogP contribution in [0.1, 0.15) is 19.4 Å². The summed E-state index contributed by atoms with van der Waals surface area (Å²) < 4.78 is 17.6. The van der Waals surface area contributed by atoms with Crippen LogP contribution < -0.4 is 19.9 Å². The second-order valence-corrected chi connectivity index (χ2v) is 6.27. The van der Waals surface area contributed by atoms with Gasteiger partial charge >= 0.3 is 0 Å². The predicted octanol–water partition coefficient (Wildman–Crippen LogP) is 6.22. The molecule has 0 fully saturated rings. The number of pyridine rings is 1. The van der Waals surface area contributed by atoms with Crippen LogP contribution in [0.5, 0.6) is 23.0 Å². The van der Waals surface area contributed by atoms with E-state index in [1.54, 1.807) is 25.4 Å². The highest BCUT2D eigenvalue weighted by Crippen LogP contribution is 2.37. The number of methoxy groups -OCH3 is 1. The van der Waals surface area contributed by atoms with Crippen LogP contribution in [0.25, 0.3) is 10.9 Å². The van der Waals surface area contributed by atoms with Gasteiger partial charge in [-0.2, -0.15) is 0 Å². The molecule has 4 aromatic rings. The average Bonchev–Trinajstić information content (AvgIpc) is 2.81. The number of ether oxygens (including phenoxy) is 3. The first-order valence-electron chi connectivity index (χ1n) is 9.90. The standard InChI is InChI=1S/C23H20N2O3.C2H6/c1-26-22-14-20-19(13-23(22)27-15-16-5-3-2-4-6-16)21(11-12-25-20)28-18-9-7-17(24)8-10-18;1-2/h2-14H,15,24H2,1H3;1-2H3. The average molecular weight is 402 g/mol. The van der Waals surface area contributed by atoms with E-state index in [-0.39, 0.29) is 0 Å². The Hall–Kier alpha value is -3.73. The highest BCUT2D eigenvalue weighted by atomic mass is 16.5. The van der Waals surface area contributed by atoms with Crippen LogP contribution in [0, 0.1) is 0 Å². The molecule has 0 saturated heterocycles. The normalized spacial score (nSPS) is 10.1. The van der Waals surface area contributed by atoms with Gasteiger partial charge in [-0.3, -0.25) is 4.98 Å². The van der Waals surface area contributed by atoms with E-state index in [2.05, 4.69) is 4.98 Å². The summed E-state index contributed by atoms with van der Waals surface area (Å²) in [6, 6.07) is 22.8. The van der Waals surface area contributed by atoms with Gasteiger partial charge in [-0.05, 0) is 42.0 Å². The van der Waals surface area contributed by atoms with Crippen LogP contribution in [-0.4, -0.2) is 12.1 Å². The maximum absolute atomic E-state index is 6.05. The van der Waals surface area contributed by atoms with Gasteiger partial charge in [0.1, 0.15) is 18.1 Å². The van der Waals surface area contributed by atoms with E-state index in [0.717, 1.165) is 16.5 Å². The molecule has 5 heteroatoms. The fourth-order valence-corrected chi connectivity index (χ4v) is 2.89. The van der Waals surface area contributed by atoms with Crippen molar-refractivity contribution in [3.8, 4) is 23.0 Å². The molecule has 1 heterocycles. The smallest absolute Gasteiger partial charge is 0.162 e. The lowest BCUT2D eigenvalue weighted by atomic mass is 10.1. The number of hydrogen-bond donors (Lipinski definition) is 1. The molecule has 0 aliphatic heterocycles. The maximum Gasteiger partial charge on any atom is 0.162 e. The lowest BCUT2D eigenvalue weighted by molar-refractivity contribution is 0.285. The number of aromatic nitrogens is 1. The molecule has 30 heavy (non-hydrogen) atoms. The van der Waals surface area contributed by atoms with E-state index in [1.807, 2.05) is 74.5 Å². The summed E-state index contributed by atoms with van der Waals surface area (Å²) in [5.41, 5.74) is 8.27. The molecule has 1 aromatic heterocycles. The Labute approximate surface area is 177 Å². The first-order chi connectivity index (χ1) is 14.7. The number of anilines is 1. The first kappa shape index (κ1) is 21.0. The van der Waals surface area contributed by atoms with Crippen molar-refractivity contribution in [2.75, 3.05) is 12.8 Å². The fourth-order valence-electron chi connectivity index (χ4n) is 2.89. The zero-order chi connectivity index (χ0) is 21.3. The molecule has 0 spiro atoms. The van der Waals surface area contributed by atoms with E-state index in [0.29, 0.717) is 35.3 Å². The molecule has 0 atom stereocenters. The van der Waals surface area contributed by atoms with E-state index in [4.69, 9.17) is 19.9 Å². The fraction of sp³-hybridized carbons (Fsp3) is 0.160. The Morgan fingerprint density at radius 2 is 1.57 bits per heavy atom. The van der Waals surface area contributed by atoms with Crippen LogP contribution in [-0.2, 0) is 6.61 Å². The molecule has 2 N–H and O–H groups in total. The summed E-state index contributed by atoms with van der Waals surface area (Å²) in [7, 11) is 1.62. The Kier molecular flexibility index (Phi) is 7.11. The molecule has 0 bridgehead atoms. The maximum atomic E-state index is 6.05. The SMILES string of the molecule is CC.COc1cc2nccc(Oc3ccc(N)cc3)c2cc1OCc1ccccc1. The van der Waals surface area contributed by atoms with E-state index in [1.165, 1.54) is 0 Å². The number of benzene rings is 3. The Balaban J connectivity index is 0.00000124.